The zero-order chi connectivity index (χ0) is 20.6. The summed E-state index contributed by atoms with van der Waals surface area (Å²) in [6, 6.07) is 0. The molecule has 1 heterocycles. The second-order valence-electron chi connectivity index (χ2n) is 6.27. The van der Waals surface area contributed by atoms with E-state index in [4.69, 9.17) is 18.9 Å². The van der Waals surface area contributed by atoms with E-state index in [0.717, 1.165) is 17.7 Å². The van der Waals surface area contributed by atoms with Crippen LogP contribution in [0.25, 0.3) is 0 Å². The zero-order valence-corrected chi connectivity index (χ0v) is 16.8. The van der Waals surface area contributed by atoms with Gasteiger partial charge in [0.15, 0.2) is 6.29 Å². The van der Waals surface area contributed by atoms with Gasteiger partial charge in [0.2, 0.25) is 5.91 Å². The lowest BCUT2D eigenvalue weighted by atomic mass is 10.3. The van der Waals surface area contributed by atoms with Crippen molar-refractivity contribution in [2.24, 2.45) is 0 Å². The van der Waals surface area contributed by atoms with Crippen LogP contribution in [0.2, 0.25) is 0 Å². The molecule has 9 heteroatoms. The van der Waals surface area contributed by atoms with E-state index in [1.165, 1.54) is 12.2 Å². The molecule has 0 aliphatic carbocycles. The van der Waals surface area contributed by atoms with Crippen molar-refractivity contribution in [3.8, 4) is 0 Å². The van der Waals surface area contributed by atoms with Gasteiger partial charge in [-0.15, -0.1) is 0 Å². The van der Waals surface area contributed by atoms with Crippen LogP contribution in [0.4, 0.5) is 0 Å². The van der Waals surface area contributed by atoms with Gasteiger partial charge >= 0.3 is 0 Å². The monoisotopic (exact) mass is 400 g/mol. The smallest absolute Gasteiger partial charge is 0.253 e. The molecule has 0 bridgehead atoms. The molecular weight excluding hydrogens is 368 g/mol. The number of amides is 3. The first-order valence-electron chi connectivity index (χ1n) is 9.59. The van der Waals surface area contributed by atoms with Crippen LogP contribution < -0.4 is 5.32 Å². The van der Waals surface area contributed by atoms with Gasteiger partial charge in [-0.3, -0.25) is 19.3 Å². The van der Waals surface area contributed by atoms with Gasteiger partial charge in [-0.1, -0.05) is 0 Å². The minimum atomic E-state index is -0.378. The van der Waals surface area contributed by atoms with Gasteiger partial charge in [-0.25, -0.2) is 0 Å². The Morgan fingerprint density at radius 2 is 1.54 bits per heavy atom. The largest absolute Gasteiger partial charge is 0.385 e. The van der Waals surface area contributed by atoms with Crippen molar-refractivity contribution in [2.45, 2.75) is 38.4 Å². The van der Waals surface area contributed by atoms with E-state index in [9.17, 15) is 14.4 Å². The Morgan fingerprint density at radius 1 is 0.964 bits per heavy atom. The van der Waals surface area contributed by atoms with Crippen LogP contribution in [-0.2, 0) is 33.3 Å². The average Bonchev–Trinajstić information content (AvgIpc) is 3.01. The van der Waals surface area contributed by atoms with Crippen LogP contribution in [0.15, 0.2) is 12.2 Å². The summed E-state index contributed by atoms with van der Waals surface area (Å²) < 4.78 is 21.5. The first-order chi connectivity index (χ1) is 13.6. The number of carbonyl (C=O) groups excluding carboxylic acids is 3. The lowest BCUT2D eigenvalue weighted by Gasteiger charge is -2.19. The maximum absolute atomic E-state index is 11.9. The van der Waals surface area contributed by atoms with Crippen molar-refractivity contribution in [1.29, 1.82) is 0 Å². The fraction of sp³-hybridized carbons (Fsp3) is 0.737. The molecule has 0 aromatic heterocycles. The van der Waals surface area contributed by atoms with Gasteiger partial charge in [-0.2, -0.15) is 0 Å². The molecule has 0 unspecified atom stereocenters. The van der Waals surface area contributed by atoms with Crippen LogP contribution in [0.1, 0.15) is 32.1 Å². The van der Waals surface area contributed by atoms with Gasteiger partial charge in [0.1, 0.15) is 0 Å². The standard InChI is InChI=1S/C19H32N2O7/c1-25-12-4-14-27-19(28-15-5-13-26-2)6-3-10-20-16(22)9-11-21-17(23)7-8-18(21)24/h7-8,19H,3-6,9-15H2,1-2H3,(H,20,22). The molecule has 0 saturated carbocycles. The number of rotatable bonds is 17. The Morgan fingerprint density at radius 3 is 2.07 bits per heavy atom. The van der Waals surface area contributed by atoms with E-state index in [1.807, 2.05) is 0 Å². The van der Waals surface area contributed by atoms with Crippen LogP contribution in [0.5, 0.6) is 0 Å². The third-order valence-electron chi connectivity index (χ3n) is 3.99. The topological polar surface area (TPSA) is 103 Å². The fourth-order valence-corrected chi connectivity index (χ4v) is 2.50. The van der Waals surface area contributed by atoms with Gasteiger partial charge in [-0.05, 0) is 19.3 Å². The highest BCUT2D eigenvalue weighted by Crippen LogP contribution is 2.07. The van der Waals surface area contributed by atoms with E-state index in [0.29, 0.717) is 45.8 Å². The summed E-state index contributed by atoms with van der Waals surface area (Å²) in [4.78, 5) is 35.8. The summed E-state index contributed by atoms with van der Waals surface area (Å²) in [7, 11) is 3.29. The summed E-state index contributed by atoms with van der Waals surface area (Å²) in [5.74, 6) is -0.958. The average molecular weight is 400 g/mol. The van der Waals surface area contributed by atoms with Crippen LogP contribution in [0, 0.1) is 0 Å². The predicted molar refractivity (Wildman–Crippen MR) is 101 cm³/mol. The third kappa shape index (κ3) is 10.5. The van der Waals surface area contributed by atoms with Crippen molar-refractivity contribution >= 4 is 17.7 Å². The SMILES string of the molecule is COCCCOC(CCCNC(=O)CCN1C(=O)C=CC1=O)OCCCOC. The van der Waals surface area contributed by atoms with Gasteiger partial charge in [0.25, 0.3) is 11.8 Å². The Hall–Kier alpha value is -1.81. The van der Waals surface area contributed by atoms with E-state index in [-0.39, 0.29) is 37.0 Å². The maximum atomic E-state index is 11.9. The number of nitrogens with zero attached hydrogens (tertiary/aromatic N) is 1. The first-order valence-corrected chi connectivity index (χ1v) is 9.59. The highest BCUT2D eigenvalue weighted by atomic mass is 16.7. The van der Waals surface area contributed by atoms with Gasteiger partial charge < -0.3 is 24.3 Å². The number of hydrogen-bond donors (Lipinski definition) is 1. The summed E-state index contributed by atoms with van der Waals surface area (Å²) >= 11 is 0. The summed E-state index contributed by atoms with van der Waals surface area (Å²) in [6.07, 6.45) is 5.07. The van der Waals surface area contributed by atoms with E-state index in [2.05, 4.69) is 5.32 Å². The van der Waals surface area contributed by atoms with Crippen LogP contribution in [-0.4, -0.2) is 82.6 Å². The van der Waals surface area contributed by atoms with Crippen molar-refractivity contribution in [3.05, 3.63) is 12.2 Å². The molecule has 0 atom stereocenters. The number of imide groups is 1. The van der Waals surface area contributed by atoms with E-state index >= 15 is 0 Å². The molecule has 0 radical (unpaired) electrons. The Balaban J connectivity index is 2.18. The Bertz CT molecular complexity index is 481. The molecular formula is C19H32N2O7. The molecule has 3 amide bonds. The maximum Gasteiger partial charge on any atom is 0.253 e. The molecule has 0 aromatic rings. The lowest BCUT2D eigenvalue weighted by molar-refractivity contribution is -0.150. The van der Waals surface area contributed by atoms with Crippen LogP contribution >= 0.6 is 0 Å². The predicted octanol–water partition coefficient (Wildman–Crippen LogP) is 0.630. The molecule has 1 rings (SSSR count). The number of hydrogen-bond acceptors (Lipinski definition) is 7. The van der Waals surface area contributed by atoms with E-state index < -0.39 is 0 Å². The fourth-order valence-electron chi connectivity index (χ4n) is 2.50. The Labute approximate surface area is 166 Å². The molecule has 0 fully saturated rings. The lowest BCUT2D eigenvalue weighted by Crippen LogP contribution is -2.35. The van der Waals surface area contributed by atoms with Crippen LogP contribution in [0.3, 0.4) is 0 Å². The molecule has 1 N–H and O–H groups in total. The number of nitrogens with one attached hydrogen (secondary N) is 1. The molecule has 9 nitrogen and oxygen atoms in total. The number of ether oxygens (including phenoxy) is 4. The second-order valence-corrected chi connectivity index (χ2v) is 6.27. The minimum absolute atomic E-state index is 0.0869. The molecule has 0 aromatic carbocycles. The van der Waals surface area contributed by atoms with Crippen molar-refractivity contribution in [2.75, 3.05) is 53.7 Å². The second kappa shape index (κ2) is 15.2. The third-order valence-corrected chi connectivity index (χ3v) is 3.99. The van der Waals surface area contributed by atoms with Crippen molar-refractivity contribution in [3.63, 3.8) is 0 Å². The first kappa shape index (κ1) is 24.2. The number of carbonyl (C=O) groups is 3. The minimum Gasteiger partial charge on any atom is -0.385 e. The summed E-state index contributed by atoms with van der Waals surface area (Å²) in [5.41, 5.74) is 0. The van der Waals surface area contributed by atoms with Gasteiger partial charge in [0.05, 0.1) is 13.2 Å². The normalized spacial score (nSPS) is 13.8. The van der Waals surface area contributed by atoms with E-state index in [1.54, 1.807) is 14.2 Å². The van der Waals surface area contributed by atoms with Crippen molar-refractivity contribution in [1.82, 2.24) is 10.2 Å². The van der Waals surface area contributed by atoms with Crippen molar-refractivity contribution < 1.29 is 33.3 Å². The Kier molecular flexibility index (Phi) is 13.1. The van der Waals surface area contributed by atoms with Gasteiger partial charge in [0, 0.05) is 65.5 Å². The molecule has 0 spiro atoms. The highest BCUT2D eigenvalue weighted by molar-refractivity contribution is 6.13. The summed E-state index contributed by atoms with van der Waals surface area (Å²) in [5, 5.41) is 2.78. The highest BCUT2D eigenvalue weighted by Gasteiger charge is 2.23. The molecule has 0 saturated heterocycles. The molecule has 28 heavy (non-hydrogen) atoms. The quantitative estimate of drug-likeness (QED) is 0.217. The zero-order valence-electron chi connectivity index (χ0n) is 16.8. The number of methoxy groups -OCH3 is 2. The molecule has 1 aliphatic heterocycles. The molecule has 1 aliphatic rings. The summed E-state index contributed by atoms with van der Waals surface area (Å²) in [6.45, 7) is 2.90. The molecule has 160 valence electrons.